The molecule has 1 aliphatic rings. The van der Waals surface area contributed by atoms with Crippen LogP contribution in [0.5, 0.6) is 0 Å². The van der Waals surface area contributed by atoms with E-state index in [9.17, 15) is 4.79 Å². The highest BCUT2D eigenvalue weighted by molar-refractivity contribution is 5.92. The summed E-state index contributed by atoms with van der Waals surface area (Å²) in [4.78, 5) is 18.0. The highest BCUT2D eigenvalue weighted by Gasteiger charge is 2.15. The van der Waals surface area contributed by atoms with E-state index in [1.807, 2.05) is 0 Å². The van der Waals surface area contributed by atoms with Crippen molar-refractivity contribution in [2.45, 2.75) is 13.5 Å². The third kappa shape index (κ3) is 3.37. The number of carbonyl (C=O) groups excluding carboxylic acids is 1. The Morgan fingerprint density at radius 2 is 2.14 bits per heavy atom. The molecule has 1 aliphatic heterocycles. The van der Waals surface area contributed by atoms with E-state index in [0.29, 0.717) is 24.9 Å². The molecule has 22 heavy (non-hydrogen) atoms. The highest BCUT2D eigenvalue weighted by atomic mass is 16.5. The van der Waals surface area contributed by atoms with Gasteiger partial charge in [0.15, 0.2) is 17.3 Å². The molecule has 2 aromatic heterocycles. The quantitative estimate of drug-likeness (QED) is 0.837. The predicted octanol–water partition coefficient (Wildman–Crippen LogP) is -0.0654. The molecule has 0 radical (unpaired) electrons. The van der Waals surface area contributed by atoms with E-state index >= 15 is 0 Å². The zero-order chi connectivity index (χ0) is 15.4. The molecular formula is C13H16N6O3. The molecule has 0 saturated carbocycles. The summed E-state index contributed by atoms with van der Waals surface area (Å²) in [5.74, 6) is 1.28. The number of morpholine rings is 1. The number of aromatic nitrogens is 4. The topological polar surface area (TPSA) is 106 Å². The van der Waals surface area contributed by atoms with E-state index in [0.717, 1.165) is 18.9 Å². The lowest BCUT2D eigenvalue weighted by atomic mass is 10.3. The maximum Gasteiger partial charge on any atom is 0.272 e. The fourth-order valence-corrected chi connectivity index (χ4v) is 2.07. The zero-order valence-electron chi connectivity index (χ0n) is 12.2. The first-order valence-corrected chi connectivity index (χ1v) is 6.96. The fraction of sp³-hybridized carbons (Fsp3) is 0.462. The van der Waals surface area contributed by atoms with Gasteiger partial charge in [0, 0.05) is 13.1 Å². The number of hydrogen-bond acceptors (Lipinski definition) is 8. The number of ether oxygens (including phenoxy) is 1. The third-order valence-electron chi connectivity index (χ3n) is 3.19. The van der Waals surface area contributed by atoms with Crippen LogP contribution in [0.3, 0.4) is 0 Å². The fourth-order valence-electron chi connectivity index (χ4n) is 2.07. The van der Waals surface area contributed by atoms with Crippen LogP contribution in [0.25, 0.3) is 0 Å². The van der Waals surface area contributed by atoms with E-state index < -0.39 is 0 Å². The predicted molar refractivity (Wildman–Crippen MR) is 75.3 cm³/mol. The standard InChI is InChI=1S/C13H16N6O3/c1-9-15-12(22-18-9)8-14-13(20)10-2-3-11(17-16-10)19-4-6-21-7-5-19/h2-3H,4-8H2,1H3,(H,14,20). The molecular weight excluding hydrogens is 288 g/mol. The summed E-state index contributed by atoms with van der Waals surface area (Å²) in [7, 11) is 0. The van der Waals surface area contributed by atoms with E-state index in [2.05, 4.69) is 30.6 Å². The first-order chi connectivity index (χ1) is 10.7. The second-order valence-corrected chi connectivity index (χ2v) is 4.79. The van der Waals surface area contributed by atoms with Gasteiger partial charge >= 0.3 is 0 Å². The number of amides is 1. The Balaban J connectivity index is 1.58. The maximum absolute atomic E-state index is 12.0. The van der Waals surface area contributed by atoms with Gasteiger partial charge in [-0.15, -0.1) is 10.2 Å². The summed E-state index contributed by atoms with van der Waals surface area (Å²) in [6.07, 6.45) is 0. The second-order valence-electron chi connectivity index (χ2n) is 4.79. The molecule has 1 amide bonds. The summed E-state index contributed by atoms with van der Waals surface area (Å²) < 4.78 is 10.2. The number of nitrogens with zero attached hydrogens (tertiary/aromatic N) is 5. The third-order valence-corrected chi connectivity index (χ3v) is 3.19. The van der Waals surface area contributed by atoms with Crippen LogP contribution in [0.4, 0.5) is 5.82 Å². The summed E-state index contributed by atoms with van der Waals surface area (Å²) in [5.41, 5.74) is 0.244. The monoisotopic (exact) mass is 304 g/mol. The van der Waals surface area contributed by atoms with Gasteiger partial charge in [0.05, 0.1) is 19.8 Å². The number of carbonyl (C=O) groups is 1. The minimum atomic E-state index is -0.336. The first-order valence-electron chi connectivity index (χ1n) is 6.96. The Hall–Kier alpha value is -2.55. The molecule has 116 valence electrons. The van der Waals surface area contributed by atoms with Crippen LogP contribution in [0.2, 0.25) is 0 Å². The Morgan fingerprint density at radius 3 is 2.77 bits per heavy atom. The second kappa shape index (κ2) is 6.48. The van der Waals surface area contributed by atoms with Crippen LogP contribution < -0.4 is 10.2 Å². The molecule has 0 unspecified atom stereocenters. The van der Waals surface area contributed by atoms with Crippen LogP contribution in [0.15, 0.2) is 16.7 Å². The summed E-state index contributed by atoms with van der Waals surface area (Å²) in [5, 5.41) is 14.4. The molecule has 0 spiro atoms. The van der Waals surface area contributed by atoms with E-state index in [4.69, 9.17) is 9.26 Å². The molecule has 0 aliphatic carbocycles. The van der Waals surface area contributed by atoms with Crippen molar-refractivity contribution in [2.24, 2.45) is 0 Å². The Bertz CT molecular complexity index is 635. The molecule has 1 saturated heterocycles. The SMILES string of the molecule is Cc1noc(CNC(=O)c2ccc(N3CCOCC3)nn2)n1. The van der Waals surface area contributed by atoms with Gasteiger partial charge in [-0.05, 0) is 19.1 Å². The van der Waals surface area contributed by atoms with Gasteiger partial charge in [0.25, 0.3) is 5.91 Å². The number of aryl methyl sites for hydroxylation is 1. The van der Waals surface area contributed by atoms with Crippen molar-refractivity contribution >= 4 is 11.7 Å². The van der Waals surface area contributed by atoms with Crippen LogP contribution in [-0.4, -0.2) is 52.5 Å². The minimum Gasteiger partial charge on any atom is -0.378 e. The normalized spacial score (nSPS) is 14.9. The van der Waals surface area contributed by atoms with E-state index in [1.165, 1.54) is 0 Å². The Kier molecular flexibility index (Phi) is 4.24. The summed E-state index contributed by atoms with van der Waals surface area (Å²) in [6.45, 7) is 4.77. The van der Waals surface area contributed by atoms with Crippen molar-refractivity contribution in [3.8, 4) is 0 Å². The smallest absolute Gasteiger partial charge is 0.272 e. The van der Waals surface area contributed by atoms with Gasteiger partial charge in [0.2, 0.25) is 5.89 Å². The van der Waals surface area contributed by atoms with Crippen LogP contribution >= 0.6 is 0 Å². The van der Waals surface area contributed by atoms with Crippen molar-refractivity contribution in [3.05, 3.63) is 29.5 Å². The largest absolute Gasteiger partial charge is 0.378 e. The zero-order valence-corrected chi connectivity index (χ0v) is 12.2. The molecule has 9 nitrogen and oxygen atoms in total. The molecule has 0 atom stereocenters. The molecule has 1 fully saturated rings. The van der Waals surface area contributed by atoms with Gasteiger partial charge < -0.3 is 19.5 Å². The average molecular weight is 304 g/mol. The van der Waals surface area contributed by atoms with Gasteiger partial charge in [-0.3, -0.25) is 4.79 Å². The number of anilines is 1. The lowest BCUT2D eigenvalue weighted by Crippen LogP contribution is -2.37. The molecule has 9 heteroatoms. The lowest BCUT2D eigenvalue weighted by Gasteiger charge is -2.27. The van der Waals surface area contributed by atoms with E-state index in [-0.39, 0.29) is 18.1 Å². The number of nitrogens with one attached hydrogen (secondary N) is 1. The molecule has 3 heterocycles. The van der Waals surface area contributed by atoms with Gasteiger partial charge in [-0.1, -0.05) is 5.16 Å². The van der Waals surface area contributed by atoms with Crippen LogP contribution in [0, 0.1) is 6.92 Å². The number of hydrogen-bond donors (Lipinski definition) is 1. The Labute approximate surface area is 126 Å². The van der Waals surface area contributed by atoms with Crippen LogP contribution in [0.1, 0.15) is 22.2 Å². The summed E-state index contributed by atoms with van der Waals surface area (Å²) >= 11 is 0. The minimum absolute atomic E-state index is 0.159. The van der Waals surface area contributed by atoms with Crippen molar-refractivity contribution in [2.75, 3.05) is 31.2 Å². The Morgan fingerprint density at radius 1 is 1.32 bits per heavy atom. The molecule has 3 rings (SSSR count). The molecule has 0 bridgehead atoms. The van der Waals surface area contributed by atoms with Gasteiger partial charge in [-0.25, -0.2) is 0 Å². The molecule has 0 aromatic carbocycles. The van der Waals surface area contributed by atoms with Crippen molar-refractivity contribution in [1.29, 1.82) is 0 Å². The van der Waals surface area contributed by atoms with Gasteiger partial charge in [0.1, 0.15) is 0 Å². The average Bonchev–Trinajstić information content (AvgIpc) is 2.99. The summed E-state index contributed by atoms with van der Waals surface area (Å²) in [6, 6.07) is 3.43. The lowest BCUT2D eigenvalue weighted by molar-refractivity contribution is 0.0940. The highest BCUT2D eigenvalue weighted by Crippen LogP contribution is 2.11. The van der Waals surface area contributed by atoms with Gasteiger partial charge in [-0.2, -0.15) is 4.98 Å². The van der Waals surface area contributed by atoms with Crippen molar-refractivity contribution < 1.29 is 14.1 Å². The molecule has 1 N–H and O–H groups in total. The van der Waals surface area contributed by atoms with Crippen LogP contribution in [-0.2, 0) is 11.3 Å². The maximum atomic E-state index is 12.0. The molecule has 2 aromatic rings. The van der Waals surface area contributed by atoms with E-state index in [1.54, 1.807) is 19.1 Å². The van der Waals surface area contributed by atoms with Crippen molar-refractivity contribution in [3.63, 3.8) is 0 Å². The van der Waals surface area contributed by atoms with Crippen molar-refractivity contribution in [1.82, 2.24) is 25.7 Å². The first kappa shape index (κ1) is 14.4. The number of rotatable bonds is 4.